The maximum atomic E-state index is 12.6. The number of ether oxygens (including phenoxy) is 1. The standard InChI is InChI=1S/C16H12BrClF2N2O2.Na/c1-8-14(22-7-10(17)11(18)6-13(22)21-8)15(23)9-4-2-3-5-12(9)24-16(19)20;/h2-7,15-16,23H,1H3;. The average molecular weight is 441 g/mol. The molecule has 2 aromatic heterocycles. The molecule has 25 heavy (non-hydrogen) atoms. The number of halogens is 4. The SMILES string of the molecule is Cc1nc2cc(Cl)c(Br)cn2c1C(O)c1ccccc1OC(F)F.[Na]. The number of fused-ring (bicyclic) bond motifs is 1. The van der Waals surface area contributed by atoms with Gasteiger partial charge in [-0.25, -0.2) is 4.98 Å². The molecule has 0 aliphatic rings. The van der Waals surface area contributed by atoms with E-state index in [1.54, 1.807) is 35.7 Å². The van der Waals surface area contributed by atoms with E-state index in [2.05, 4.69) is 25.7 Å². The number of nitrogens with zero attached hydrogens (tertiary/aromatic N) is 2. The van der Waals surface area contributed by atoms with E-state index in [0.717, 1.165) is 0 Å². The molecule has 4 nitrogen and oxygen atoms in total. The largest absolute Gasteiger partial charge is 0.434 e. The van der Waals surface area contributed by atoms with E-state index in [9.17, 15) is 13.9 Å². The van der Waals surface area contributed by atoms with Crippen molar-refractivity contribution in [1.82, 2.24) is 9.38 Å². The Labute approximate surface area is 178 Å². The van der Waals surface area contributed by atoms with Gasteiger partial charge >= 0.3 is 6.61 Å². The molecule has 1 atom stereocenters. The Morgan fingerprint density at radius 2 is 2.00 bits per heavy atom. The number of hydrogen-bond acceptors (Lipinski definition) is 3. The van der Waals surface area contributed by atoms with Gasteiger partial charge in [-0.15, -0.1) is 0 Å². The van der Waals surface area contributed by atoms with E-state index in [-0.39, 0.29) is 40.9 Å². The summed E-state index contributed by atoms with van der Waals surface area (Å²) < 4.78 is 32.0. The Morgan fingerprint density at radius 3 is 2.68 bits per heavy atom. The molecule has 0 saturated carbocycles. The summed E-state index contributed by atoms with van der Waals surface area (Å²) in [5, 5.41) is 11.3. The molecular formula is C16H12BrClF2N2NaO2. The predicted octanol–water partition coefficient (Wildman–Crippen LogP) is 4.36. The molecule has 0 fully saturated rings. The first kappa shape index (κ1) is 20.6. The summed E-state index contributed by atoms with van der Waals surface area (Å²) in [6, 6.07) is 7.77. The van der Waals surface area contributed by atoms with E-state index in [1.807, 2.05) is 0 Å². The molecule has 1 radical (unpaired) electrons. The zero-order valence-corrected chi connectivity index (χ0v) is 17.7. The van der Waals surface area contributed by atoms with E-state index in [1.165, 1.54) is 12.1 Å². The molecule has 1 unspecified atom stereocenters. The zero-order valence-electron chi connectivity index (χ0n) is 13.4. The second kappa shape index (κ2) is 8.33. The number of aliphatic hydroxyl groups excluding tert-OH is 1. The quantitative estimate of drug-likeness (QED) is 0.613. The van der Waals surface area contributed by atoms with Gasteiger partial charge in [0.1, 0.15) is 17.5 Å². The normalized spacial score (nSPS) is 12.3. The molecule has 9 heteroatoms. The van der Waals surface area contributed by atoms with Crippen LogP contribution in [0.5, 0.6) is 5.75 Å². The van der Waals surface area contributed by atoms with Crippen molar-refractivity contribution >= 4 is 62.7 Å². The summed E-state index contributed by atoms with van der Waals surface area (Å²) in [7, 11) is 0. The smallest absolute Gasteiger partial charge is 0.387 e. The van der Waals surface area contributed by atoms with Gasteiger partial charge in [-0.3, -0.25) is 4.40 Å². The number of hydrogen-bond donors (Lipinski definition) is 1. The van der Waals surface area contributed by atoms with Crippen molar-refractivity contribution in [3.05, 3.63) is 63.0 Å². The van der Waals surface area contributed by atoms with Crippen LogP contribution in [0.3, 0.4) is 0 Å². The van der Waals surface area contributed by atoms with E-state index in [4.69, 9.17) is 11.6 Å². The molecule has 0 saturated heterocycles. The number of alkyl halides is 2. The van der Waals surface area contributed by atoms with Crippen LogP contribution >= 0.6 is 27.5 Å². The van der Waals surface area contributed by atoms with Crippen LogP contribution in [0.15, 0.2) is 41.0 Å². The molecule has 1 N–H and O–H groups in total. The van der Waals surface area contributed by atoms with Crippen LogP contribution in [-0.4, -0.2) is 50.7 Å². The third kappa shape index (κ3) is 4.18. The van der Waals surface area contributed by atoms with Crippen LogP contribution in [0.1, 0.15) is 23.1 Å². The maximum Gasteiger partial charge on any atom is 0.387 e. The van der Waals surface area contributed by atoms with Gasteiger partial charge in [0.05, 0.1) is 20.9 Å². The molecule has 2 heterocycles. The summed E-state index contributed by atoms with van der Waals surface area (Å²) in [5.41, 5.74) is 1.78. The van der Waals surface area contributed by atoms with Crippen molar-refractivity contribution in [2.45, 2.75) is 19.6 Å². The Hall–Kier alpha value is -0.700. The van der Waals surface area contributed by atoms with Crippen LogP contribution in [0.25, 0.3) is 5.65 Å². The Bertz CT molecular complexity index is 907. The van der Waals surface area contributed by atoms with Crippen molar-refractivity contribution in [3.63, 3.8) is 0 Å². The summed E-state index contributed by atoms with van der Waals surface area (Å²) in [5.74, 6) is -0.0811. The minimum absolute atomic E-state index is 0. The monoisotopic (exact) mass is 439 g/mol. The minimum atomic E-state index is -2.98. The van der Waals surface area contributed by atoms with Gasteiger partial charge in [0.2, 0.25) is 0 Å². The first-order chi connectivity index (χ1) is 11.4. The summed E-state index contributed by atoms with van der Waals surface area (Å²) in [4.78, 5) is 4.36. The van der Waals surface area contributed by atoms with Gasteiger partial charge in [0.25, 0.3) is 0 Å². The molecule has 0 aliphatic carbocycles. The first-order valence-electron chi connectivity index (χ1n) is 6.94. The number of aryl methyl sites for hydroxylation is 1. The molecule has 0 spiro atoms. The number of aliphatic hydroxyl groups is 1. The fourth-order valence-corrected chi connectivity index (χ4v) is 3.03. The van der Waals surface area contributed by atoms with Gasteiger partial charge < -0.3 is 9.84 Å². The Balaban J connectivity index is 0.00000225. The maximum absolute atomic E-state index is 12.6. The average Bonchev–Trinajstić information content (AvgIpc) is 2.82. The van der Waals surface area contributed by atoms with Gasteiger partial charge in [-0.05, 0) is 28.9 Å². The van der Waals surface area contributed by atoms with Crippen molar-refractivity contribution in [2.24, 2.45) is 0 Å². The molecule has 0 amide bonds. The van der Waals surface area contributed by atoms with E-state index in [0.29, 0.717) is 26.5 Å². The number of para-hydroxylation sites is 1. The molecule has 0 aliphatic heterocycles. The Morgan fingerprint density at radius 1 is 1.32 bits per heavy atom. The molecule has 0 bridgehead atoms. The number of pyridine rings is 1. The van der Waals surface area contributed by atoms with Crippen molar-refractivity contribution in [2.75, 3.05) is 0 Å². The first-order valence-corrected chi connectivity index (χ1v) is 8.11. The fraction of sp³-hybridized carbons (Fsp3) is 0.188. The van der Waals surface area contributed by atoms with Crippen LogP contribution in [0.2, 0.25) is 5.02 Å². The van der Waals surface area contributed by atoms with Crippen LogP contribution in [0.4, 0.5) is 8.78 Å². The molecule has 1 aromatic carbocycles. The minimum Gasteiger partial charge on any atom is -0.434 e. The van der Waals surface area contributed by atoms with Gasteiger partial charge in [0, 0.05) is 47.4 Å². The zero-order chi connectivity index (χ0) is 17.4. The van der Waals surface area contributed by atoms with E-state index >= 15 is 0 Å². The Kier molecular flexibility index (Phi) is 6.87. The fourth-order valence-electron chi connectivity index (χ4n) is 2.56. The number of imidazole rings is 1. The number of aromatic nitrogens is 2. The second-order valence-corrected chi connectivity index (χ2v) is 6.36. The van der Waals surface area contributed by atoms with Gasteiger partial charge in [-0.2, -0.15) is 8.78 Å². The second-order valence-electron chi connectivity index (χ2n) is 5.10. The van der Waals surface area contributed by atoms with E-state index < -0.39 is 12.7 Å². The number of benzene rings is 1. The molecule has 3 rings (SSSR count). The van der Waals surface area contributed by atoms with Crippen LogP contribution in [-0.2, 0) is 0 Å². The third-order valence-corrected chi connectivity index (χ3v) is 4.75. The predicted molar refractivity (Wildman–Crippen MR) is 95.5 cm³/mol. The van der Waals surface area contributed by atoms with Gasteiger partial charge in [0.15, 0.2) is 0 Å². The summed E-state index contributed by atoms with van der Waals surface area (Å²) in [6.07, 6.45) is 0.482. The third-order valence-electron chi connectivity index (χ3n) is 3.57. The molecule has 127 valence electrons. The van der Waals surface area contributed by atoms with Crippen molar-refractivity contribution < 1.29 is 18.6 Å². The molecule has 3 aromatic rings. The van der Waals surface area contributed by atoms with Crippen LogP contribution in [0, 0.1) is 6.92 Å². The van der Waals surface area contributed by atoms with Gasteiger partial charge in [-0.1, -0.05) is 29.8 Å². The van der Waals surface area contributed by atoms with Crippen molar-refractivity contribution in [1.29, 1.82) is 0 Å². The molecular weight excluding hydrogens is 429 g/mol. The number of rotatable bonds is 4. The topological polar surface area (TPSA) is 46.8 Å². The van der Waals surface area contributed by atoms with Crippen LogP contribution < -0.4 is 4.74 Å². The summed E-state index contributed by atoms with van der Waals surface area (Å²) >= 11 is 9.39. The summed E-state index contributed by atoms with van der Waals surface area (Å²) in [6.45, 7) is -1.25. The van der Waals surface area contributed by atoms with Crippen molar-refractivity contribution in [3.8, 4) is 5.75 Å².